The number of nitrogen functional groups attached to an aromatic ring is 1. The van der Waals surface area contributed by atoms with Gasteiger partial charge in [-0.3, -0.25) is 0 Å². The lowest BCUT2D eigenvalue weighted by molar-refractivity contribution is 0.478. The molecule has 0 saturated heterocycles. The molecule has 0 aliphatic heterocycles. The van der Waals surface area contributed by atoms with E-state index in [4.69, 9.17) is 10.2 Å². The molecular weight excluding hydrogens is 244 g/mol. The van der Waals surface area contributed by atoms with Crippen molar-refractivity contribution in [3.05, 3.63) is 18.2 Å². The number of rotatable bonds is 4. The van der Waals surface area contributed by atoms with E-state index in [1.165, 1.54) is 0 Å². The Morgan fingerprint density at radius 1 is 1.56 bits per heavy atom. The molecule has 0 bridgehead atoms. The van der Waals surface area contributed by atoms with Crippen molar-refractivity contribution in [2.75, 3.05) is 23.5 Å². The van der Waals surface area contributed by atoms with Gasteiger partial charge in [-0.1, -0.05) is 0 Å². The Kier molecular flexibility index (Phi) is 3.50. The van der Waals surface area contributed by atoms with E-state index in [1.54, 1.807) is 30.0 Å². The Bertz CT molecular complexity index is 525. The molecule has 2 N–H and O–H groups in total. The first-order valence-corrected chi connectivity index (χ1v) is 7.45. The summed E-state index contributed by atoms with van der Waals surface area (Å²) in [5.41, 5.74) is 7.52. The van der Waals surface area contributed by atoms with Crippen molar-refractivity contribution in [2.24, 2.45) is 0 Å². The minimum absolute atomic E-state index is 0.287. The summed E-state index contributed by atoms with van der Waals surface area (Å²) in [6.45, 7) is 0. The summed E-state index contributed by atoms with van der Waals surface area (Å²) in [5, 5.41) is 0.287. The van der Waals surface area contributed by atoms with Gasteiger partial charge < -0.3 is 10.2 Å². The Hall–Kier alpha value is -1.01. The average Bonchev–Trinajstić information content (AvgIpc) is 2.68. The van der Waals surface area contributed by atoms with Crippen LogP contribution in [-0.2, 0) is 10.8 Å². The van der Waals surface area contributed by atoms with Gasteiger partial charge in [0.1, 0.15) is 16.3 Å². The van der Waals surface area contributed by atoms with Crippen LogP contribution < -0.4 is 5.73 Å². The number of hydrogen-bond donors (Lipinski definition) is 1. The van der Waals surface area contributed by atoms with Crippen LogP contribution in [0.1, 0.15) is 0 Å². The predicted octanol–water partition coefficient (Wildman–Crippen LogP) is 1.88. The fraction of sp³-hybridized carbons (Fsp3) is 0.300. The van der Waals surface area contributed by atoms with Crippen LogP contribution >= 0.6 is 11.8 Å². The summed E-state index contributed by atoms with van der Waals surface area (Å²) in [7, 11) is -1.16. The molecule has 0 amide bonds. The van der Waals surface area contributed by atoms with E-state index in [0.717, 1.165) is 5.75 Å². The van der Waals surface area contributed by atoms with Crippen molar-refractivity contribution in [3.8, 4) is 0 Å². The van der Waals surface area contributed by atoms with Gasteiger partial charge in [0.2, 0.25) is 0 Å². The van der Waals surface area contributed by atoms with Crippen molar-refractivity contribution in [1.82, 2.24) is 4.98 Å². The van der Waals surface area contributed by atoms with E-state index in [-0.39, 0.29) is 5.22 Å². The highest BCUT2D eigenvalue weighted by Gasteiger charge is 2.12. The maximum atomic E-state index is 11.8. The van der Waals surface area contributed by atoms with Crippen molar-refractivity contribution in [2.45, 2.75) is 5.22 Å². The quantitative estimate of drug-likeness (QED) is 0.846. The largest absolute Gasteiger partial charge is 0.430 e. The van der Waals surface area contributed by atoms with Gasteiger partial charge in [-0.05, 0) is 18.4 Å². The topological polar surface area (TPSA) is 69.1 Å². The molecule has 86 valence electrons. The van der Waals surface area contributed by atoms with Crippen LogP contribution in [0.25, 0.3) is 11.1 Å². The summed E-state index contributed by atoms with van der Waals surface area (Å²) in [6.07, 6.45) is 1.98. The van der Waals surface area contributed by atoms with Crippen LogP contribution in [0.15, 0.2) is 27.8 Å². The van der Waals surface area contributed by atoms with Crippen LogP contribution in [0.4, 0.5) is 5.69 Å². The number of hydrogen-bond acceptors (Lipinski definition) is 5. The second-order valence-electron chi connectivity index (χ2n) is 3.25. The Morgan fingerprint density at radius 2 is 2.38 bits per heavy atom. The molecule has 16 heavy (non-hydrogen) atoms. The molecular formula is C10H12N2O2S2. The Balaban J connectivity index is 2.28. The average molecular weight is 256 g/mol. The smallest absolute Gasteiger partial charge is 0.287 e. The summed E-state index contributed by atoms with van der Waals surface area (Å²) < 4.78 is 17.2. The SMILES string of the molecule is CSCCS(=O)c1nc2ccc(N)cc2o1. The fourth-order valence-corrected chi connectivity index (χ4v) is 3.09. The van der Waals surface area contributed by atoms with Gasteiger partial charge in [-0.15, -0.1) is 0 Å². The number of aromatic nitrogens is 1. The molecule has 0 spiro atoms. The number of anilines is 1. The Morgan fingerprint density at radius 3 is 3.12 bits per heavy atom. The molecule has 1 heterocycles. The lowest BCUT2D eigenvalue weighted by Gasteiger charge is -1.93. The molecule has 1 unspecified atom stereocenters. The molecule has 2 rings (SSSR count). The third-order valence-electron chi connectivity index (χ3n) is 2.06. The number of nitrogens with two attached hydrogens (primary N) is 1. The lowest BCUT2D eigenvalue weighted by Crippen LogP contribution is -2.00. The molecule has 0 radical (unpaired) electrons. The predicted molar refractivity (Wildman–Crippen MR) is 68.1 cm³/mol. The number of benzene rings is 1. The minimum Gasteiger partial charge on any atom is -0.430 e. The molecule has 0 fully saturated rings. The normalized spacial score (nSPS) is 13.1. The zero-order chi connectivity index (χ0) is 11.5. The number of nitrogens with zero attached hydrogens (tertiary/aromatic N) is 1. The van der Waals surface area contributed by atoms with Crippen molar-refractivity contribution < 1.29 is 8.63 Å². The van der Waals surface area contributed by atoms with E-state index in [1.807, 2.05) is 6.26 Å². The Labute approximate surface area is 100 Å². The van der Waals surface area contributed by atoms with Gasteiger partial charge in [-0.25, -0.2) is 9.19 Å². The highest BCUT2D eigenvalue weighted by molar-refractivity contribution is 7.99. The first kappa shape index (κ1) is 11.5. The van der Waals surface area contributed by atoms with Crippen LogP contribution in [0.3, 0.4) is 0 Å². The molecule has 4 nitrogen and oxygen atoms in total. The monoisotopic (exact) mass is 256 g/mol. The number of oxazole rings is 1. The van der Waals surface area contributed by atoms with Crippen LogP contribution in [0.5, 0.6) is 0 Å². The third kappa shape index (κ3) is 2.38. The highest BCUT2D eigenvalue weighted by Crippen LogP contribution is 2.20. The van der Waals surface area contributed by atoms with Gasteiger partial charge in [0.15, 0.2) is 5.58 Å². The van der Waals surface area contributed by atoms with Gasteiger partial charge in [0.25, 0.3) is 5.22 Å². The molecule has 1 aromatic carbocycles. The van der Waals surface area contributed by atoms with E-state index < -0.39 is 10.8 Å². The summed E-state index contributed by atoms with van der Waals surface area (Å²) in [5.74, 6) is 1.39. The highest BCUT2D eigenvalue weighted by atomic mass is 32.2. The fourth-order valence-electron chi connectivity index (χ4n) is 1.26. The molecule has 6 heteroatoms. The van der Waals surface area contributed by atoms with E-state index in [0.29, 0.717) is 22.5 Å². The zero-order valence-electron chi connectivity index (χ0n) is 8.80. The zero-order valence-corrected chi connectivity index (χ0v) is 10.4. The maximum absolute atomic E-state index is 11.8. The molecule has 2 aromatic rings. The first-order chi connectivity index (χ1) is 7.70. The van der Waals surface area contributed by atoms with Crippen LogP contribution in [0, 0.1) is 0 Å². The van der Waals surface area contributed by atoms with Gasteiger partial charge in [0.05, 0.1) is 0 Å². The second-order valence-corrected chi connectivity index (χ2v) is 5.68. The lowest BCUT2D eigenvalue weighted by atomic mass is 10.3. The molecule has 1 aromatic heterocycles. The van der Waals surface area contributed by atoms with Crippen molar-refractivity contribution >= 4 is 39.3 Å². The molecule has 0 aliphatic rings. The van der Waals surface area contributed by atoms with Crippen molar-refractivity contribution in [1.29, 1.82) is 0 Å². The number of fused-ring (bicyclic) bond motifs is 1. The van der Waals surface area contributed by atoms with E-state index in [2.05, 4.69) is 4.98 Å². The third-order valence-corrected chi connectivity index (χ3v) is 4.07. The number of thioether (sulfide) groups is 1. The minimum atomic E-state index is -1.16. The van der Waals surface area contributed by atoms with Gasteiger partial charge in [-0.2, -0.15) is 11.8 Å². The summed E-state index contributed by atoms with van der Waals surface area (Å²) >= 11 is 1.65. The summed E-state index contributed by atoms with van der Waals surface area (Å²) in [6, 6.07) is 5.21. The van der Waals surface area contributed by atoms with Crippen LogP contribution in [0.2, 0.25) is 0 Å². The molecule has 0 aliphatic carbocycles. The van der Waals surface area contributed by atoms with Gasteiger partial charge in [0, 0.05) is 23.3 Å². The first-order valence-electron chi connectivity index (χ1n) is 4.74. The van der Waals surface area contributed by atoms with Gasteiger partial charge >= 0.3 is 0 Å². The van der Waals surface area contributed by atoms with E-state index >= 15 is 0 Å². The standard InChI is InChI=1S/C10H12N2O2S2/c1-15-4-5-16(13)10-12-8-3-2-7(11)6-9(8)14-10/h2-3,6H,4-5,11H2,1H3. The molecule has 1 atom stereocenters. The van der Waals surface area contributed by atoms with E-state index in [9.17, 15) is 4.21 Å². The molecule has 0 saturated carbocycles. The maximum Gasteiger partial charge on any atom is 0.287 e. The van der Waals surface area contributed by atoms with Crippen LogP contribution in [-0.4, -0.2) is 27.0 Å². The van der Waals surface area contributed by atoms with Crippen molar-refractivity contribution in [3.63, 3.8) is 0 Å². The summed E-state index contributed by atoms with van der Waals surface area (Å²) in [4.78, 5) is 4.18. The second kappa shape index (κ2) is 4.88.